The fourth-order valence-corrected chi connectivity index (χ4v) is 2.91. The van der Waals surface area contributed by atoms with Gasteiger partial charge < -0.3 is 25.4 Å². The lowest BCUT2D eigenvalue weighted by Crippen LogP contribution is -2.39. The van der Waals surface area contributed by atoms with E-state index in [1.807, 2.05) is 42.5 Å². The number of halogens is 1. The molecule has 0 saturated carbocycles. The molecule has 0 amide bonds. The van der Waals surface area contributed by atoms with Gasteiger partial charge in [-0.3, -0.25) is 4.99 Å². The van der Waals surface area contributed by atoms with Crippen LogP contribution < -0.4 is 15.4 Å². The van der Waals surface area contributed by atoms with Gasteiger partial charge in [0.2, 0.25) is 0 Å². The Labute approximate surface area is 197 Å². The zero-order chi connectivity index (χ0) is 20.9. The minimum atomic E-state index is 0. The van der Waals surface area contributed by atoms with E-state index in [4.69, 9.17) is 4.74 Å². The highest BCUT2D eigenvalue weighted by molar-refractivity contribution is 14.0. The van der Waals surface area contributed by atoms with Gasteiger partial charge in [-0.1, -0.05) is 42.5 Å². The Morgan fingerprint density at radius 3 is 2.37 bits per heavy atom. The minimum Gasteiger partial charge on any atom is -0.494 e. The number of aliphatic hydroxyl groups excluding tert-OH is 1. The Hall–Kier alpha value is -1.84. The zero-order valence-electron chi connectivity index (χ0n) is 18.2. The number of nitrogens with one attached hydrogen (secondary N) is 2. The molecule has 0 aromatic heterocycles. The number of aliphatic imine (C=N–C) groups is 1. The number of ether oxygens (including phenoxy) is 1. The molecule has 166 valence electrons. The summed E-state index contributed by atoms with van der Waals surface area (Å²) in [6.45, 7) is 3.11. The summed E-state index contributed by atoms with van der Waals surface area (Å²) < 4.78 is 5.77. The van der Waals surface area contributed by atoms with Gasteiger partial charge in [0.25, 0.3) is 0 Å². The molecule has 7 heteroatoms. The number of hydrogen-bond donors (Lipinski definition) is 3. The molecule has 2 aromatic rings. The smallest absolute Gasteiger partial charge is 0.191 e. The monoisotopic (exact) mass is 526 g/mol. The van der Waals surface area contributed by atoms with E-state index in [1.54, 1.807) is 7.05 Å². The van der Waals surface area contributed by atoms with E-state index < -0.39 is 0 Å². The fraction of sp³-hybridized carbons (Fsp3) is 0.435. The second-order valence-corrected chi connectivity index (χ2v) is 7.25. The topological polar surface area (TPSA) is 69.1 Å². The van der Waals surface area contributed by atoms with Gasteiger partial charge >= 0.3 is 0 Å². The molecule has 6 nitrogen and oxygen atoms in total. The van der Waals surface area contributed by atoms with Crippen molar-refractivity contribution in [2.75, 3.05) is 47.4 Å². The number of rotatable bonds is 11. The van der Waals surface area contributed by atoms with Crippen molar-refractivity contribution in [3.8, 4) is 5.75 Å². The van der Waals surface area contributed by atoms with Gasteiger partial charge in [-0.25, -0.2) is 0 Å². The molecule has 0 heterocycles. The Balaban J connectivity index is 0.00000450. The van der Waals surface area contributed by atoms with Gasteiger partial charge in [-0.15, -0.1) is 24.0 Å². The molecule has 2 rings (SSSR count). The molecule has 0 aliphatic carbocycles. The van der Waals surface area contributed by atoms with Gasteiger partial charge in [0, 0.05) is 32.6 Å². The van der Waals surface area contributed by atoms with E-state index in [-0.39, 0.29) is 36.5 Å². The van der Waals surface area contributed by atoms with Crippen LogP contribution in [0.15, 0.2) is 59.6 Å². The van der Waals surface area contributed by atoms with Crippen LogP contribution in [-0.2, 0) is 6.54 Å². The maximum absolute atomic E-state index is 9.69. The van der Waals surface area contributed by atoms with E-state index in [1.165, 1.54) is 0 Å². The summed E-state index contributed by atoms with van der Waals surface area (Å²) in [5.74, 6) is 1.63. The van der Waals surface area contributed by atoms with E-state index in [2.05, 4.69) is 46.8 Å². The van der Waals surface area contributed by atoms with Gasteiger partial charge in [0.05, 0.1) is 13.2 Å². The predicted octanol–water partition coefficient (Wildman–Crippen LogP) is 3.08. The maximum Gasteiger partial charge on any atom is 0.191 e. The molecule has 0 fully saturated rings. The highest BCUT2D eigenvalue weighted by Crippen LogP contribution is 2.14. The Morgan fingerprint density at radius 2 is 1.77 bits per heavy atom. The van der Waals surface area contributed by atoms with Crippen molar-refractivity contribution in [2.24, 2.45) is 4.99 Å². The third-order valence-corrected chi connectivity index (χ3v) is 4.63. The molecule has 0 aliphatic heterocycles. The molecule has 0 aliphatic rings. The molecule has 3 N–H and O–H groups in total. The average Bonchev–Trinajstić information content (AvgIpc) is 2.75. The minimum absolute atomic E-state index is 0. The molecular weight excluding hydrogens is 491 g/mol. The van der Waals surface area contributed by atoms with E-state index >= 15 is 0 Å². The van der Waals surface area contributed by atoms with E-state index in [0.29, 0.717) is 19.0 Å². The molecule has 0 spiro atoms. The Morgan fingerprint density at radius 1 is 1.07 bits per heavy atom. The lowest BCUT2D eigenvalue weighted by Gasteiger charge is -2.18. The highest BCUT2D eigenvalue weighted by Gasteiger charge is 2.10. The molecule has 1 unspecified atom stereocenters. The normalized spacial score (nSPS) is 12.2. The van der Waals surface area contributed by atoms with Crippen LogP contribution in [0.2, 0.25) is 0 Å². The molecule has 1 atom stereocenters. The third kappa shape index (κ3) is 9.77. The summed E-state index contributed by atoms with van der Waals surface area (Å²) in [4.78, 5) is 6.42. The summed E-state index contributed by atoms with van der Waals surface area (Å²) in [5.41, 5.74) is 2.26. The second kappa shape index (κ2) is 15.0. The number of guanidine groups is 1. The van der Waals surface area contributed by atoms with Crippen molar-refractivity contribution in [1.29, 1.82) is 0 Å². The largest absolute Gasteiger partial charge is 0.494 e. The summed E-state index contributed by atoms with van der Waals surface area (Å²) in [6.07, 6.45) is 1.01. The van der Waals surface area contributed by atoms with Crippen molar-refractivity contribution in [2.45, 2.75) is 18.9 Å². The van der Waals surface area contributed by atoms with Gasteiger partial charge in [-0.05, 0) is 43.8 Å². The summed E-state index contributed by atoms with van der Waals surface area (Å²) in [5, 5.41) is 16.3. The average molecular weight is 526 g/mol. The van der Waals surface area contributed by atoms with Crippen LogP contribution in [0.1, 0.15) is 23.5 Å². The SMILES string of the molecule is CN=C(NCc1ccc(OCCCN(C)C)cc1)NCC(CO)c1ccccc1.I. The molecular formula is C23H35IN4O2. The summed E-state index contributed by atoms with van der Waals surface area (Å²) >= 11 is 0. The van der Waals surface area contributed by atoms with E-state index in [9.17, 15) is 5.11 Å². The van der Waals surface area contributed by atoms with Crippen LogP contribution >= 0.6 is 24.0 Å². The fourth-order valence-electron chi connectivity index (χ4n) is 2.91. The van der Waals surface area contributed by atoms with Gasteiger partial charge in [-0.2, -0.15) is 0 Å². The van der Waals surface area contributed by atoms with Crippen LogP contribution in [0, 0.1) is 0 Å². The van der Waals surface area contributed by atoms with Crippen molar-refractivity contribution >= 4 is 29.9 Å². The first-order chi connectivity index (χ1) is 14.1. The van der Waals surface area contributed by atoms with Crippen LogP contribution in [-0.4, -0.2) is 63.4 Å². The standard InChI is InChI=1S/C23H34N4O2.HI/c1-24-23(26-17-21(18-28)20-8-5-4-6-9-20)25-16-19-10-12-22(13-11-19)29-15-7-14-27(2)3;/h4-6,8-13,21,28H,7,14-18H2,1-3H3,(H2,24,25,26);1H. The second-order valence-electron chi connectivity index (χ2n) is 7.25. The van der Waals surface area contributed by atoms with E-state index in [0.717, 1.165) is 36.4 Å². The van der Waals surface area contributed by atoms with Crippen molar-refractivity contribution in [3.63, 3.8) is 0 Å². The van der Waals surface area contributed by atoms with Gasteiger partial charge in [0.15, 0.2) is 5.96 Å². The molecule has 30 heavy (non-hydrogen) atoms. The van der Waals surface area contributed by atoms with Crippen LogP contribution in [0.4, 0.5) is 0 Å². The maximum atomic E-state index is 9.69. The van der Waals surface area contributed by atoms with Crippen molar-refractivity contribution < 1.29 is 9.84 Å². The predicted molar refractivity (Wildman–Crippen MR) is 135 cm³/mol. The van der Waals surface area contributed by atoms with Gasteiger partial charge in [0.1, 0.15) is 5.75 Å². The molecule has 0 bridgehead atoms. The lowest BCUT2D eigenvalue weighted by molar-refractivity contribution is 0.265. The summed E-state index contributed by atoms with van der Waals surface area (Å²) in [7, 11) is 5.88. The lowest BCUT2D eigenvalue weighted by atomic mass is 10.0. The summed E-state index contributed by atoms with van der Waals surface area (Å²) in [6, 6.07) is 18.1. The third-order valence-electron chi connectivity index (χ3n) is 4.63. The zero-order valence-corrected chi connectivity index (χ0v) is 20.5. The first-order valence-electron chi connectivity index (χ1n) is 10.1. The highest BCUT2D eigenvalue weighted by atomic mass is 127. The number of benzene rings is 2. The van der Waals surface area contributed by atoms with Crippen molar-refractivity contribution in [1.82, 2.24) is 15.5 Å². The Kier molecular flexibility index (Phi) is 13.1. The van der Waals surface area contributed by atoms with Crippen LogP contribution in [0.3, 0.4) is 0 Å². The first kappa shape index (κ1) is 26.2. The number of hydrogen-bond acceptors (Lipinski definition) is 4. The molecule has 0 saturated heterocycles. The molecule has 0 radical (unpaired) electrons. The van der Waals surface area contributed by atoms with Crippen LogP contribution in [0.25, 0.3) is 0 Å². The number of aliphatic hydroxyl groups is 1. The number of nitrogens with zero attached hydrogens (tertiary/aromatic N) is 2. The van der Waals surface area contributed by atoms with Crippen LogP contribution in [0.5, 0.6) is 5.75 Å². The molecule has 2 aromatic carbocycles. The van der Waals surface area contributed by atoms with Crippen molar-refractivity contribution in [3.05, 3.63) is 65.7 Å². The quantitative estimate of drug-likeness (QED) is 0.182. The first-order valence-corrected chi connectivity index (χ1v) is 10.1. The Bertz CT molecular complexity index is 724.